The molecule has 110 valence electrons. The monoisotopic (exact) mass is 343 g/mol. The second-order valence-electron chi connectivity index (χ2n) is 5.21. The van der Waals surface area contributed by atoms with Gasteiger partial charge in [-0.15, -0.1) is 0 Å². The van der Waals surface area contributed by atoms with Crippen molar-refractivity contribution >= 4 is 27.8 Å². The number of carbonyl (C=O) groups is 2. The number of amides is 1. The van der Waals surface area contributed by atoms with Crippen molar-refractivity contribution in [2.75, 3.05) is 0 Å². The van der Waals surface area contributed by atoms with E-state index in [0.29, 0.717) is 12.8 Å². The number of aromatic nitrogens is 2. The molecule has 1 aromatic heterocycles. The summed E-state index contributed by atoms with van der Waals surface area (Å²) < 4.78 is 2.26. The maximum Gasteiger partial charge on any atom is 0.329 e. The van der Waals surface area contributed by atoms with Crippen molar-refractivity contribution in [1.82, 2.24) is 15.1 Å². The molecule has 6 nitrogen and oxygen atoms in total. The van der Waals surface area contributed by atoms with Gasteiger partial charge >= 0.3 is 5.97 Å². The van der Waals surface area contributed by atoms with Crippen LogP contribution in [0.4, 0.5) is 0 Å². The van der Waals surface area contributed by atoms with Gasteiger partial charge in [-0.25, -0.2) is 4.79 Å². The molecule has 1 aromatic rings. The minimum absolute atomic E-state index is 0.0284. The van der Waals surface area contributed by atoms with E-state index in [-0.39, 0.29) is 12.5 Å². The van der Waals surface area contributed by atoms with E-state index in [4.69, 9.17) is 0 Å². The Balaban J connectivity index is 2.03. The number of rotatable bonds is 4. The summed E-state index contributed by atoms with van der Waals surface area (Å²) in [4.78, 5) is 23.6. The predicted molar refractivity (Wildman–Crippen MR) is 76.1 cm³/mol. The highest BCUT2D eigenvalue weighted by Crippen LogP contribution is 2.27. The summed E-state index contributed by atoms with van der Waals surface area (Å²) >= 11 is 3.26. The van der Waals surface area contributed by atoms with Gasteiger partial charge in [0.15, 0.2) is 0 Å². The summed E-state index contributed by atoms with van der Waals surface area (Å²) in [6.45, 7) is 0.0284. The minimum Gasteiger partial charge on any atom is -0.480 e. The first-order chi connectivity index (χ1) is 9.52. The van der Waals surface area contributed by atoms with Gasteiger partial charge in [-0.1, -0.05) is 25.7 Å². The topological polar surface area (TPSA) is 84.2 Å². The van der Waals surface area contributed by atoms with Crippen LogP contribution in [0.15, 0.2) is 16.9 Å². The van der Waals surface area contributed by atoms with Crippen LogP contribution >= 0.6 is 15.9 Å². The molecule has 0 aliphatic heterocycles. The zero-order valence-electron chi connectivity index (χ0n) is 11.1. The lowest BCUT2D eigenvalue weighted by atomic mass is 9.90. The van der Waals surface area contributed by atoms with Crippen LogP contribution in [0.1, 0.15) is 38.5 Å². The van der Waals surface area contributed by atoms with E-state index in [1.807, 2.05) is 0 Å². The van der Waals surface area contributed by atoms with Crippen LogP contribution in [0.3, 0.4) is 0 Å². The molecule has 1 fully saturated rings. The number of carboxylic acid groups (broad SMARTS) is 1. The van der Waals surface area contributed by atoms with Gasteiger partial charge in [-0.3, -0.25) is 9.48 Å². The van der Waals surface area contributed by atoms with Crippen molar-refractivity contribution in [2.45, 2.75) is 50.6 Å². The molecule has 7 heteroatoms. The molecule has 1 heterocycles. The zero-order valence-corrected chi connectivity index (χ0v) is 12.7. The fraction of sp³-hybridized carbons (Fsp3) is 0.615. The average molecular weight is 344 g/mol. The molecule has 0 atom stereocenters. The van der Waals surface area contributed by atoms with Crippen LogP contribution in [0, 0.1) is 0 Å². The Morgan fingerprint density at radius 2 is 2.00 bits per heavy atom. The van der Waals surface area contributed by atoms with E-state index < -0.39 is 11.5 Å². The second-order valence-corrected chi connectivity index (χ2v) is 6.12. The smallest absolute Gasteiger partial charge is 0.329 e. The van der Waals surface area contributed by atoms with Crippen molar-refractivity contribution < 1.29 is 14.7 Å². The van der Waals surface area contributed by atoms with Gasteiger partial charge in [-0.2, -0.15) is 5.10 Å². The van der Waals surface area contributed by atoms with E-state index >= 15 is 0 Å². The summed E-state index contributed by atoms with van der Waals surface area (Å²) in [6.07, 6.45) is 7.98. The van der Waals surface area contributed by atoms with Gasteiger partial charge in [0, 0.05) is 6.20 Å². The lowest BCUT2D eigenvalue weighted by molar-refractivity contribution is -0.148. The molecule has 1 saturated carbocycles. The highest BCUT2D eigenvalue weighted by atomic mass is 79.9. The molecule has 1 aliphatic rings. The number of hydrogen-bond donors (Lipinski definition) is 2. The minimum atomic E-state index is -1.11. The highest BCUT2D eigenvalue weighted by molar-refractivity contribution is 9.10. The first-order valence-corrected chi connectivity index (χ1v) is 7.53. The molecular weight excluding hydrogens is 326 g/mol. The van der Waals surface area contributed by atoms with Crippen LogP contribution < -0.4 is 5.32 Å². The van der Waals surface area contributed by atoms with Gasteiger partial charge in [0.25, 0.3) is 0 Å². The molecule has 2 rings (SSSR count). The fourth-order valence-electron chi connectivity index (χ4n) is 2.60. The Hall–Kier alpha value is -1.37. The van der Waals surface area contributed by atoms with Crippen molar-refractivity contribution in [3.05, 3.63) is 16.9 Å². The average Bonchev–Trinajstić information content (AvgIpc) is 2.64. The van der Waals surface area contributed by atoms with Crippen molar-refractivity contribution in [3.63, 3.8) is 0 Å². The number of carbonyl (C=O) groups excluding carboxylic acids is 1. The molecular formula is C13H18BrN3O3. The lowest BCUT2D eigenvalue weighted by Crippen LogP contribution is -2.55. The SMILES string of the molecule is O=C(Cn1cc(Br)cn1)NC1(C(=O)O)CCCCCC1. The molecule has 1 aliphatic carbocycles. The van der Waals surface area contributed by atoms with Crippen molar-refractivity contribution in [2.24, 2.45) is 0 Å². The van der Waals surface area contributed by atoms with Gasteiger partial charge in [0.05, 0.1) is 10.7 Å². The molecule has 0 saturated heterocycles. The van der Waals surface area contributed by atoms with Crippen LogP contribution in [0.2, 0.25) is 0 Å². The summed E-state index contributed by atoms with van der Waals surface area (Å²) in [5.74, 6) is -1.25. The predicted octanol–water partition coefficient (Wildman–Crippen LogP) is 1.94. The molecule has 0 radical (unpaired) electrons. The van der Waals surface area contributed by atoms with Gasteiger partial charge in [0.2, 0.25) is 5.91 Å². The van der Waals surface area contributed by atoms with E-state index in [0.717, 1.165) is 30.2 Å². The summed E-state index contributed by atoms with van der Waals surface area (Å²) in [5.41, 5.74) is -1.11. The maximum atomic E-state index is 12.1. The third kappa shape index (κ3) is 3.59. The van der Waals surface area contributed by atoms with E-state index in [1.165, 1.54) is 4.68 Å². The lowest BCUT2D eigenvalue weighted by Gasteiger charge is -2.29. The Morgan fingerprint density at radius 3 is 2.50 bits per heavy atom. The standard InChI is InChI=1S/C13H18BrN3O3/c14-10-7-15-17(8-10)9-11(18)16-13(12(19)20)5-3-1-2-4-6-13/h7-8H,1-6,9H2,(H,16,18)(H,19,20). The Morgan fingerprint density at radius 1 is 1.35 bits per heavy atom. The Labute approximate surface area is 125 Å². The second kappa shape index (κ2) is 6.39. The maximum absolute atomic E-state index is 12.1. The molecule has 0 bridgehead atoms. The molecule has 20 heavy (non-hydrogen) atoms. The van der Waals surface area contributed by atoms with E-state index in [1.54, 1.807) is 12.4 Å². The number of aliphatic carboxylic acids is 1. The molecule has 0 spiro atoms. The third-order valence-electron chi connectivity index (χ3n) is 3.65. The van der Waals surface area contributed by atoms with Gasteiger partial charge < -0.3 is 10.4 Å². The van der Waals surface area contributed by atoms with Crippen LogP contribution in [0.25, 0.3) is 0 Å². The van der Waals surface area contributed by atoms with Crippen LogP contribution in [0.5, 0.6) is 0 Å². The zero-order chi connectivity index (χ0) is 14.6. The Kier molecular flexibility index (Phi) is 4.80. The molecule has 1 amide bonds. The number of nitrogens with one attached hydrogen (secondary N) is 1. The number of hydrogen-bond acceptors (Lipinski definition) is 3. The number of carboxylic acids is 1. The summed E-state index contributed by atoms with van der Waals surface area (Å²) in [7, 11) is 0. The largest absolute Gasteiger partial charge is 0.480 e. The third-order valence-corrected chi connectivity index (χ3v) is 4.06. The Bertz CT molecular complexity index is 493. The van der Waals surface area contributed by atoms with Gasteiger partial charge in [0.1, 0.15) is 12.1 Å². The first-order valence-electron chi connectivity index (χ1n) is 6.74. The quantitative estimate of drug-likeness (QED) is 0.818. The van der Waals surface area contributed by atoms with Crippen molar-refractivity contribution in [3.8, 4) is 0 Å². The normalized spacial score (nSPS) is 18.2. The van der Waals surface area contributed by atoms with E-state index in [2.05, 4.69) is 26.3 Å². The highest BCUT2D eigenvalue weighted by Gasteiger charge is 2.39. The van der Waals surface area contributed by atoms with Crippen molar-refractivity contribution in [1.29, 1.82) is 0 Å². The number of halogens is 1. The molecule has 0 aromatic carbocycles. The molecule has 2 N–H and O–H groups in total. The summed E-state index contributed by atoms with van der Waals surface area (Å²) in [6, 6.07) is 0. The molecule has 0 unspecified atom stereocenters. The van der Waals surface area contributed by atoms with Gasteiger partial charge in [-0.05, 0) is 28.8 Å². The van der Waals surface area contributed by atoms with Crippen LogP contribution in [-0.4, -0.2) is 32.3 Å². The fourth-order valence-corrected chi connectivity index (χ4v) is 2.93. The van der Waals surface area contributed by atoms with Crippen LogP contribution in [-0.2, 0) is 16.1 Å². The van der Waals surface area contributed by atoms with E-state index in [9.17, 15) is 14.7 Å². The summed E-state index contributed by atoms with van der Waals surface area (Å²) in [5, 5.41) is 16.2. The number of nitrogens with zero attached hydrogens (tertiary/aromatic N) is 2. The first kappa shape index (κ1) is 15.0.